The van der Waals surface area contributed by atoms with Crippen LogP contribution in [0.3, 0.4) is 0 Å². The van der Waals surface area contributed by atoms with E-state index in [-0.39, 0.29) is 12.9 Å². The van der Waals surface area contributed by atoms with Crippen molar-refractivity contribution in [2.75, 3.05) is 19.1 Å². The van der Waals surface area contributed by atoms with Gasteiger partial charge >= 0.3 is 0 Å². The first-order chi connectivity index (χ1) is 12.3. The van der Waals surface area contributed by atoms with Crippen molar-refractivity contribution < 1.29 is 14.2 Å². The Bertz CT molecular complexity index is 947. The Morgan fingerprint density at radius 1 is 1.20 bits per heavy atom. The van der Waals surface area contributed by atoms with E-state index in [1.807, 2.05) is 18.2 Å². The van der Waals surface area contributed by atoms with Crippen molar-refractivity contribution in [2.45, 2.75) is 25.5 Å². The molecule has 0 radical (unpaired) electrons. The van der Waals surface area contributed by atoms with Crippen LogP contribution in [-0.4, -0.2) is 34.0 Å². The fraction of sp³-hybridized carbons (Fsp3) is 0.333. The summed E-state index contributed by atoms with van der Waals surface area (Å²) in [6.07, 6.45) is 5.98. The number of ether oxygens (including phenoxy) is 3. The van der Waals surface area contributed by atoms with Gasteiger partial charge in [0.15, 0.2) is 11.5 Å². The van der Waals surface area contributed by atoms with Gasteiger partial charge in [0.2, 0.25) is 6.79 Å². The fourth-order valence-electron chi connectivity index (χ4n) is 3.58. The van der Waals surface area contributed by atoms with E-state index in [0.717, 1.165) is 59.7 Å². The highest BCUT2D eigenvalue weighted by atomic mass is 16.7. The third-order valence-electron chi connectivity index (χ3n) is 4.79. The van der Waals surface area contributed by atoms with Crippen molar-refractivity contribution in [3.8, 4) is 22.6 Å². The van der Waals surface area contributed by atoms with Gasteiger partial charge in [-0.1, -0.05) is 6.07 Å². The first-order valence-corrected chi connectivity index (χ1v) is 8.40. The number of nitrogens with two attached hydrogens (primary N) is 1. The lowest BCUT2D eigenvalue weighted by Gasteiger charge is -2.10. The molecule has 0 spiro atoms. The average molecular weight is 338 g/mol. The number of anilines is 1. The molecule has 2 aliphatic heterocycles. The van der Waals surface area contributed by atoms with Crippen LogP contribution in [0.25, 0.3) is 22.2 Å². The summed E-state index contributed by atoms with van der Waals surface area (Å²) in [5, 5.41) is 0.861. The van der Waals surface area contributed by atoms with Gasteiger partial charge in [-0.2, -0.15) is 0 Å². The van der Waals surface area contributed by atoms with Gasteiger partial charge in [-0.25, -0.2) is 9.97 Å². The van der Waals surface area contributed by atoms with Crippen LogP contribution in [0, 0.1) is 0 Å². The van der Waals surface area contributed by atoms with Gasteiger partial charge in [-0.05, 0) is 30.5 Å². The molecule has 0 amide bonds. The molecule has 3 aromatic rings. The van der Waals surface area contributed by atoms with Gasteiger partial charge < -0.3 is 24.5 Å². The summed E-state index contributed by atoms with van der Waals surface area (Å²) in [7, 11) is 0. The second kappa shape index (κ2) is 5.63. The number of rotatable bonds is 3. The lowest BCUT2D eigenvalue weighted by molar-refractivity contribution is 0.0979. The molecule has 0 saturated carbocycles. The van der Waals surface area contributed by atoms with Gasteiger partial charge in [-0.15, -0.1) is 0 Å². The minimum absolute atomic E-state index is 0.219. The summed E-state index contributed by atoms with van der Waals surface area (Å²) >= 11 is 0. The van der Waals surface area contributed by atoms with E-state index >= 15 is 0 Å². The highest BCUT2D eigenvalue weighted by molar-refractivity contribution is 6.00. The number of benzene rings is 1. The fourth-order valence-corrected chi connectivity index (χ4v) is 3.58. The van der Waals surface area contributed by atoms with Gasteiger partial charge in [0.1, 0.15) is 17.8 Å². The summed E-state index contributed by atoms with van der Waals surface area (Å²) in [6.45, 7) is 1.85. The third kappa shape index (κ3) is 2.39. The van der Waals surface area contributed by atoms with E-state index in [0.29, 0.717) is 5.82 Å². The molecule has 0 aliphatic carbocycles. The quantitative estimate of drug-likeness (QED) is 0.790. The van der Waals surface area contributed by atoms with Crippen molar-refractivity contribution in [1.82, 2.24) is 14.5 Å². The molecule has 25 heavy (non-hydrogen) atoms. The molecule has 2 aromatic heterocycles. The van der Waals surface area contributed by atoms with Crippen LogP contribution in [0.2, 0.25) is 0 Å². The Kier molecular flexibility index (Phi) is 3.27. The van der Waals surface area contributed by atoms with Crippen LogP contribution in [0.1, 0.15) is 12.8 Å². The largest absolute Gasteiger partial charge is 0.454 e. The van der Waals surface area contributed by atoms with Crippen LogP contribution in [0.15, 0.2) is 30.7 Å². The van der Waals surface area contributed by atoms with Gasteiger partial charge in [-0.3, -0.25) is 0 Å². The number of nitrogen functional groups attached to an aromatic ring is 1. The zero-order valence-electron chi connectivity index (χ0n) is 13.6. The number of nitrogens with zero attached hydrogens (tertiary/aromatic N) is 3. The van der Waals surface area contributed by atoms with Crippen molar-refractivity contribution in [3.63, 3.8) is 0 Å². The minimum atomic E-state index is 0.219. The summed E-state index contributed by atoms with van der Waals surface area (Å²) in [5.74, 6) is 1.98. The highest BCUT2D eigenvalue weighted by Crippen LogP contribution is 2.39. The van der Waals surface area contributed by atoms with Crippen LogP contribution < -0.4 is 15.2 Å². The van der Waals surface area contributed by atoms with Crippen molar-refractivity contribution in [1.29, 1.82) is 0 Å². The molecule has 1 saturated heterocycles. The summed E-state index contributed by atoms with van der Waals surface area (Å²) in [5.41, 5.74) is 9.00. The second-order valence-corrected chi connectivity index (χ2v) is 6.36. The molecule has 2 aliphatic rings. The Hall–Kier alpha value is -2.80. The number of fused-ring (bicyclic) bond motifs is 2. The monoisotopic (exact) mass is 338 g/mol. The van der Waals surface area contributed by atoms with Crippen molar-refractivity contribution >= 4 is 16.9 Å². The molecular weight excluding hydrogens is 320 g/mol. The molecule has 1 atom stereocenters. The molecule has 1 unspecified atom stereocenters. The normalized spacial score (nSPS) is 19.0. The molecule has 4 heterocycles. The Morgan fingerprint density at radius 2 is 2.12 bits per heavy atom. The van der Waals surface area contributed by atoms with E-state index < -0.39 is 0 Å². The van der Waals surface area contributed by atoms with E-state index in [9.17, 15) is 0 Å². The van der Waals surface area contributed by atoms with Gasteiger partial charge in [0.25, 0.3) is 0 Å². The standard InChI is InChI=1S/C18H18N4O3/c19-17-16-13(11-3-4-14-15(6-11)25-10-24-14)8-22(18(16)21-9-20-17)7-12-2-1-5-23-12/h3-4,6,8-9,12H,1-2,5,7,10H2,(H2,19,20,21). The molecule has 2 N–H and O–H groups in total. The Balaban J connectivity index is 1.64. The lowest BCUT2D eigenvalue weighted by Crippen LogP contribution is -2.14. The van der Waals surface area contributed by atoms with Crippen molar-refractivity contribution in [2.24, 2.45) is 0 Å². The van der Waals surface area contributed by atoms with Gasteiger partial charge in [0, 0.05) is 18.4 Å². The molecule has 1 aromatic carbocycles. The predicted octanol–water partition coefficient (Wildman–Crippen LogP) is 2.59. The molecule has 7 nitrogen and oxygen atoms in total. The Morgan fingerprint density at radius 3 is 3.00 bits per heavy atom. The van der Waals surface area contributed by atoms with Crippen LogP contribution in [0.5, 0.6) is 11.5 Å². The van der Waals surface area contributed by atoms with E-state index in [1.165, 1.54) is 6.33 Å². The number of hydrogen-bond donors (Lipinski definition) is 1. The molecule has 128 valence electrons. The summed E-state index contributed by atoms with van der Waals surface area (Å²) < 4.78 is 18.8. The van der Waals surface area contributed by atoms with E-state index in [1.54, 1.807) is 0 Å². The van der Waals surface area contributed by atoms with Crippen molar-refractivity contribution in [3.05, 3.63) is 30.7 Å². The van der Waals surface area contributed by atoms with E-state index in [2.05, 4.69) is 20.7 Å². The number of aromatic nitrogens is 3. The maximum Gasteiger partial charge on any atom is 0.231 e. The SMILES string of the molecule is Nc1ncnc2c1c(-c1ccc3c(c1)OCO3)cn2CC1CCCO1. The minimum Gasteiger partial charge on any atom is -0.454 e. The summed E-state index contributed by atoms with van der Waals surface area (Å²) in [6, 6.07) is 5.89. The molecule has 7 heteroatoms. The first-order valence-electron chi connectivity index (χ1n) is 8.40. The average Bonchev–Trinajstić information content (AvgIpc) is 3.35. The van der Waals surface area contributed by atoms with Crippen LogP contribution in [-0.2, 0) is 11.3 Å². The lowest BCUT2D eigenvalue weighted by atomic mass is 10.1. The maximum atomic E-state index is 6.18. The maximum absolute atomic E-state index is 6.18. The Labute approximate surface area is 144 Å². The van der Waals surface area contributed by atoms with Crippen LogP contribution >= 0.6 is 0 Å². The smallest absolute Gasteiger partial charge is 0.231 e. The summed E-state index contributed by atoms with van der Waals surface area (Å²) in [4.78, 5) is 8.64. The predicted molar refractivity (Wildman–Crippen MR) is 92.5 cm³/mol. The topological polar surface area (TPSA) is 84.4 Å². The highest BCUT2D eigenvalue weighted by Gasteiger charge is 2.22. The molecule has 5 rings (SSSR count). The zero-order valence-corrected chi connectivity index (χ0v) is 13.6. The van der Waals surface area contributed by atoms with Crippen LogP contribution in [0.4, 0.5) is 5.82 Å². The molecular formula is C18H18N4O3. The third-order valence-corrected chi connectivity index (χ3v) is 4.79. The van der Waals surface area contributed by atoms with Gasteiger partial charge in [0.05, 0.1) is 18.0 Å². The zero-order chi connectivity index (χ0) is 16.8. The number of hydrogen-bond acceptors (Lipinski definition) is 6. The molecule has 1 fully saturated rings. The second-order valence-electron chi connectivity index (χ2n) is 6.36. The first kappa shape index (κ1) is 14.5. The molecule has 0 bridgehead atoms. The van der Waals surface area contributed by atoms with E-state index in [4.69, 9.17) is 19.9 Å².